The van der Waals surface area contributed by atoms with Crippen LogP contribution in [-0.2, 0) is 6.42 Å². The number of piperidine rings is 1. The fourth-order valence-electron chi connectivity index (χ4n) is 3.91. The predicted octanol–water partition coefficient (Wildman–Crippen LogP) is 4.63. The highest BCUT2D eigenvalue weighted by Gasteiger charge is 2.20. The Labute approximate surface area is 181 Å². The molecule has 1 aliphatic rings. The van der Waals surface area contributed by atoms with Crippen molar-refractivity contribution >= 4 is 17.5 Å². The lowest BCUT2D eigenvalue weighted by Crippen LogP contribution is -2.37. The predicted molar refractivity (Wildman–Crippen MR) is 117 cm³/mol. The Morgan fingerprint density at radius 2 is 1.87 bits per heavy atom. The number of nitrogens with zero attached hydrogens (tertiary/aromatic N) is 1. The SMILES string of the molecule is CC(=O)c1cccc(NC(=O)NCCCN2CCC(Cc3ccc(F)cc3F)CC2)c1. The molecule has 3 rings (SSSR count). The molecule has 1 heterocycles. The van der Waals surface area contributed by atoms with E-state index in [4.69, 9.17) is 0 Å². The number of anilines is 1. The average Bonchev–Trinajstić information content (AvgIpc) is 2.74. The van der Waals surface area contributed by atoms with Gasteiger partial charge in [0.05, 0.1) is 0 Å². The summed E-state index contributed by atoms with van der Waals surface area (Å²) >= 11 is 0. The molecule has 0 unspecified atom stereocenters. The van der Waals surface area contributed by atoms with Crippen LogP contribution in [0.2, 0.25) is 0 Å². The first-order chi connectivity index (χ1) is 14.9. The molecule has 166 valence electrons. The van der Waals surface area contributed by atoms with Gasteiger partial charge in [-0.1, -0.05) is 18.2 Å². The average molecular weight is 430 g/mol. The second-order valence-electron chi connectivity index (χ2n) is 8.10. The van der Waals surface area contributed by atoms with Crippen molar-refractivity contribution in [3.63, 3.8) is 0 Å². The molecule has 1 saturated heterocycles. The molecule has 2 aromatic carbocycles. The summed E-state index contributed by atoms with van der Waals surface area (Å²) in [5.41, 5.74) is 1.73. The van der Waals surface area contributed by atoms with E-state index in [0.29, 0.717) is 35.7 Å². The fourth-order valence-corrected chi connectivity index (χ4v) is 3.91. The Hall–Kier alpha value is -2.80. The first-order valence-corrected chi connectivity index (χ1v) is 10.7. The summed E-state index contributed by atoms with van der Waals surface area (Å²) in [5, 5.41) is 5.58. The van der Waals surface area contributed by atoms with Crippen LogP contribution in [0.25, 0.3) is 0 Å². The van der Waals surface area contributed by atoms with Crippen LogP contribution in [0.1, 0.15) is 42.1 Å². The standard InChI is InChI=1S/C24H29F2N3O2/c1-17(30)19-4-2-5-22(15-19)28-24(31)27-10-3-11-29-12-8-18(9-13-29)14-20-6-7-21(25)16-23(20)26/h2,4-7,15-16,18H,3,8-14H2,1H3,(H2,27,28,31). The van der Waals surface area contributed by atoms with Crippen LogP contribution in [0.3, 0.4) is 0 Å². The molecule has 31 heavy (non-hydrogen) atoms. The summed E-state index contributed by atoms with van der Waals surface area (Å²) in [6.07, 6.45) is 3.44. The van der Waals surface area contributed by atoms with Crippen LogP contribution >= 0.6 is 0 Å². The van der Waals surface area contributed by atoms with Crippen LogP contribution in [0, 0.1) is 17.6 Å². The molecule has 2 aromatic rings. The first kappa shape index (κ1) is 22.9. The molecule has 2 N–H and O–H groups in total. The van der Waals surface area contributed by atoms with Gasteiger partial charge in [-0.2, -0.15) is 0 Å². The second kappa shape index (κ2) is 11.0. The van der Waals surface area contributed by atoms with Crippen molar-refractivity contribution in [1.29, 1.82) is 0 Å². The van der Waals surface area contributed by atoms with Gasteiger partial charge < -0.3 is 15.5 Å². The normalized spacial score (nSPS) is 14.9. The number of likely N-dealkylation sites (tertiary alicyclic amines) is 1. The van der Waals surface area contributed by atoms with Crippen LogP contribution in [0.15, 0.2) is 42.5 Å². The number of carbonyl (C=O) groups excluding carboxylic acids is 2. The Bertz CT molecular complexity index is 911. The van der Waals surface area contributed by atoms with E-state index in [1.807, 2.05) is 0 Å². The molecule has 0 aliphatic carbocycles. The molecule has 0 bridgehead atoms. The minimum absolute atomic E-state index is 0.0457. The number of halogens is 2. The van der Waals surface area contributed by atoms with Gasteiger partial charge in [0.1, 0.15) is 11.6 Å². The van der Waals surface area contributed by atoms with E-state index in [0.717, 1.165) is 45.0 Å². The molecule has 1 fully saturated rings. The zero-order valence-electron chi connectivity index (χ0n) is 17.8. The van der Waals surface area contributed by atoms with Crippen molar-refractivity contribution in [2.75, 3.05) is 31.5 Å². The zero-order chi connectivity index (χ0) is 22.2. The monoisotopic (exact) mass is 429 g/mol. The minimum Gasteiger partial charge on any atom is -0.338 e. The molecule has 0 radical (unpaired) electrons. The number of nitrogens with one attached hydrogen (secondary N) is 2. The molecular formula is C24H29F2N3O2. The number of urea groups is 1. The van der Waals surface area contributed by atoms with Crippen LogP contribution < -0.4 is 10.6 Å². The largest absolute Gasteiger partial charge is 0.338 e. The molecule has 0 saturated carbocycles. The summed E-state index contributed by atoms with van der Waals surface area (Å²) in [6.45, 7) is 4.81. The first-order valence-electron chi connectivity index (χ1n) is 10.7. The summed E-state index contributed by atoms with van der Waals surface area (Å²) in [4.78, 5) is 25.8. The van der Waals surface area contributed by atoms with Crippen molar-refractivity contribution in [1.82, 2.24) is 10.2 Å². The third kappa shape index (κ3) is 7.14. The molecule has 2 amide bonds. The number of ketones is 1. The van der Waals surface area contributed by atoms with Crippen molar-refractivity contribution in [3.8, 4) is 0 Å². The van der Waals surface area contributed by atoms with E-state index in [1.54, 1.807) is 30.3 Å². The topological polar surface area (TPSA) is 61.4 Å². The fraction of sp³-hybridized carbons (Fsp3) is 0.417. The number of benzene rings is 2. The number of Topliss-reactive ketones (excluding diaryl/α,β-unsaturated/α-hetero) is 1. The van der Waals surface area contributed by atoms with Gasteiger partial charge in [-0.3, -0.25) is 4.79 Å². The van der Waals surface area contributed by atoms with Gasteiger partial charge in [0.15, 0.2) is 5.78 Å². The van der Waals surface area contributed by atoms with Crippen molar-refractivity contribution < 1.29 is 18.4 Å². The van der Waals surface area contributed by atoms with Gasteiger partial charge in [0.2, 0.25) is 0 Å². The van der Waals surface area contributed by atoms with E-state index < -0.39 is 11.6 Å². The molecule has 7 heteroatoms. The second-order valence-corrected chi connectivity index (χ2v) is 8.10. The van der Waals surface area contributed by atoms with Crippen LogP contribution in [-0.4, -0.2) is 42.9 Å². The number of hydrogen-bond acceptors (Lipinski definition) is 3. The molecule has 0 spiro atoms. The lowest BCUT2D eigenvalue weighted by Gasteiger charge is -2.32. The minimum atomic E-state index is -0.539. The quantitative estimate of drug-likeness (QED) is 0.475. The Balaban J connectivity index is 1.31. The van der Waals surface area contributed by atoms with E-state index in [2.05, 4.69) is 15.5 Å². The molecular weight excluding hydrogens is 400 g/mol. The molecule has 5 nitrogen and oxygen atoms in total. The van der Waals surface area contributed by atoms with E-state index in [-0.39, 0.29) is 11.8 Å². The van der Waals surface area contributed by atoms with Gasteiger partial charge >= 0.3 is 6.03 Å². The third-order valence-electron chi connectivity index (χ3n) is 5.69. The summed E-state index contributed by atoms with van der Waals surface area (Å²) < 4.78 is 26.9. The number of hydrogen-bond donors (Lipinski definition) is 2. The number of rotatable bonds is 8. The van der Waals surface area contributed by atoms with Gasteiger partial charge in [0, 0.05) is 23.9 Å². The summed E-state index contributed by atoms with van der Waals surface area (Å²) in [6, 6.07) is 10.4. The van der Waals surface area contributed by atoms with Crippen molar-refractivity contribution in [2.45, 2.75) is 32.6 Å². The maximum absolute atomic E-state index is 13.8. The lowest BCUT2D eigenvalue weighted by molar-refractivity contribution is 0.101. The van der Waals surface area contributed by atoms with Gasteiger partial charge in [-0.15, -0.1) is 0 Å². The zero-order valence-corrected chi connectivity index (χ0v) is 17.8. The maximum atomic E-state index is 13.8. The smallest absolute Gasteiger partial charge is 0.319 e. The van der Waals surface area contributed by atoms with Crippen molar-refractivity contribution in [3.05, 3.63) is 65.2 Å². The maximum Gasteiger partial charge on any atom is 0.319 e. The summed E-state index contributed by atoms with van der Waals surface area (Å²) in [5.74, 6) is -0.635. The molecule has 1 aliphatic heterocycles. The van der Waals surface area contributed by atoms with Gasteiger partial charge in [0.25, 0.3) is 0 Å². The van der Waals surface area contributed by atoms with Gasteiger partial charge in [-0.05, 0) is 81.9 Å². The Morgan fingerprint density at radius 1 is 1.10 bits per heavy atom. The van der Waals surface area contributed by atoms with E-state index in [9.17, 15) is 18.4 Å². The third-order valence-corrected chi connectivity index (χ3v) is 5.69. The lowest BCUT2D eigenvalue weighted by atomic mass is 9.90. The molecule has 0 atom stereocenters. The highest BCUT2D eigenvalue weighted by Crippen LogP contribution is 2.23. The highest BCUT2D eigenvalue weighted by atomic mass is 19.1. The highest BCUT2D eigenvalue weighted by molar-refractivity contribution is 5.96. The van der Waals surface area contributed by atoms with Gasteiger partial charge in [-0.25, -0.2) is 13.6 Å². The van der Waals surface area contributed by atoms with E-state index in [1.165, 1.54) is 13.0 Å². The summed E-state index contributed by atoms with van der Waals surface area (Å²) in [7, 11) is 0. The van der Waals surface area contributed by atoms with Crippen LogP contribution in [0.4, 0.5) is 19.3 Å². The molecule has 0 aromatic heterocycles. The Morgan fingerprint density at radius 3 is 2.58 bits per heavy atom. The Kier molecular flexibility index (Phi) is 8.12. The number of amides is 2. The van der Waals surface area contributed by atoms with Crippen LogP contribution in [0.5, 0.6) is 0 Å². The van der Waals surface area contributed by atoms with E-state index >= 15 is 0 Å². The van der Waals surface area contributed by atoms with Crippen molar-refractivity contribution in [2.24, 2.45) is 5.92 Å². The number of carbonyl (C=O) groups is 2.